The zero-order chi connectivity index (χ0) is 15.4. The summed E-state index contributed by atoms with van der Waals surface area (Å²) in [6.45, 7) is 2.88. The van der Waals surface area contributed by atoms with Crippen molar-refractivity contribution in [3.8, 4) is 0 Å². The average molecular weight is 329 g/mol. The molecule has 1 aromatic rings. The van der Waals surface area contributed by atoms with Crippen molar-refractivity contribution < 1.29 is 4.79 Å². The molecule has 0 bridgehead atoms. The van der Waals surface area contributed by atoms with Gasteiger partial charge in [-0.3, -0.25) is 4.79 Å². The summed E-state index contributed by atoms with van der Waals surface area (Å²) in [5.41, 5.74) is 5.90. The van der Waals surface area contributed by atoms with E-state index in [0.29, 0.717) is 15.9 Å². The smallest absolute Gasteiger partial charge is 0.265 e. The molecule has 0 aliphatic heterocycles. The van der Waals surface area contributed by atoms with Crippen LogP contribution in [0, 0.1) is 0 Å². The molecular weight excluding hydrogens is 304 g/mol. The Morgan fingerprint density at radius 2 is 2.33 bits per heavy atom. The minimum absolute atomic E-state index is 0.0764. The van der Waals surface area contributed by atoms with Crippen molar-refractivity contribution in [2.24, 2.45) is 0 Å². The van der Waals surface area contributed by atoms with Crippen LogP contribution in [0.3, 0.4) is 0 Å². The molecule has 1 fully saturated rings. The van der Waals surface area contributed by atoms with Gasteiger partial charge < -0.3 is 16.0 Å². The van der Waals surface area contributed by atoms with E-state index < -0.39 is 0 Å². The lowest BCUT2D eigenvalue weighted by Crippen LogP contribution is -2.39. The van der Waals surface area contributed by atoms with Crippen molar-refractivity contribution in [3.05, 3.63) is 4.88 Å². The van der Waals surface area contributed by atoms with Crippen molar-refractivity contribution in [1.82, 2.24) is 10.3 Å². The number of nitrogens with one attached hydrogen (secondary N) is 1. The fraction of sp³-hybridized carbons (Fsp3) is 0.714. The molecule has 118 valence electrons. The second-order valence-corrected chi connectivity index (χ2v) is 7.54. The van der Waals surface area contributed by atoms with Gasteiger partial charge in [0.2, 0.25) is 0 Å². The standard InChI is InChI=1S/C14H24N4OS2/c1-4-18(2)14-17-12(15)11(21-14)13(19)16-9-6-5-7-10(8-9)20-3/h9-10H,4-8,15H2,1-3H3,(H,16,19). The molecule has 0 saturated heterocycles. The number of thioether (sulfide) groups is 1. The fourth-order valence-corrected chi connectivity index (χ4v) is 4.26. The van der Waals surface area contributed by atoms with Crippen LogP contribution in [0.5, 0.6) is 0 Å². The summed E-state index contributed by atoms with van der Waals surface area (Å²) >= 11 is 3.26. The van der Waals surface area contributed by atoms with Gasteiger partial charge in [-0.1, -0.05) is 17.8 Å². The topological polar surface area (TPSA) is 71.2 Å². The quantitative estimate of drug-likeness (QED) is 0.869. The van der Waals surface area contributed by atoms with Crippen LogP contribution < -0.4 is 16.0 Å². The van der Waals surface area contributed by atoms with Crippen LogP contribution in [0.25, 0.3) is 0 Å². The van der Waals surface area contributed by atoms with Gasteiger partial charge in [-0.2, -0.15) is 11.8 Å². The molecule has 2 unspecified atom stereocenters. The normalized spacial score (nSPS) is 22.0. The zero-order valence-electron chi connectivity index (χ0n) is 12.9. The highest BCUT2D eigenvalue weighted by molar-refractivity contribution is 7.99. The van der Waals surface area contributed by atoms with Crippen LogP contribution in [0.2, 0.25) is 0 Å². The maximum absolute atomic E-state index is 12.4. The molecule has 0 spiro atoms. The first-order chi connectivity index (χ1) is 10.0. The number of rotatable bonds is 5. The third kappa shape index (κ3) is 4.03. The minimum Gasteiger partial charge on any atom is -0.382 e. The van der Waals surface area contributed by atoms with E-state index in [0.717, 1.165) is 24.5 Å². The van der Waals surface area contributed by atoms with Crippen LogP contribution in [-0.2, 0) is 0 Å². The Bertz CT molecular complexity index is 491. The van der Waals surface area contributed by atoms with Crippen LogP contribution in [0.15, 0.2) is 0 Å². The highest BCUT2D eigenvalue weighted by Crippen LogP contribution is 2.29. The first-order valence-electron chi connectivity index (χ1n) is 7.36. The third-order valence-corrected chi connectivity index (χ3v) is 6.22. The molecule has 1 amide bonds. The lowest BCUT2D eigenvalue weighted by molar-refractivity contribution is 0.0933. The van der Waals surface area contributed by atoms with Gasteiger partial charge in [0.1, 0.15) is 10.7 Å². The van der Waals surface area contributed by atoms with Crippen molar-refractivity contribution in [3.63, 3.8) is 0 Å². The summed E-state index contributed by atoms with van der Waals surface area (Å²) < 4.78 is 0. The Kier molecular flexibility index (Phi) is 5.75. The molecule has 1 aromatic heterocycles. The van der Waals surface area contributed by atoms with Gasteiger partial charge >= 0.3 is 0 Å². The molecular formula is C14H24N4OS2. The van der Waals surface area contributed by atoms with Gasteiger partial charge in [-0.05, 0) is 32.4 Å². The molecule has 1 aliphatic rings. The maximum Gasteiger partial charge on any atom is 0.265 e. The predicted molar refractivity (Wildman–Crippen MR) is 92.5 cm³/mol. The van der Waals surface area contributed by atoms with Gasteiger partial charge in [0.05, 0.1) is 0 Å². The molecule has 3 N–H and O–H groups in total. The maximum atomic E-state index is 12.4. The van der Waals surface area contributed by atoms with E-state index in [4.69, 9.17) is 5.73 Å². The molecule has 1 aliphatic carbocycles. The predicted octanol–water partition coefficient (Wildman–Crippen LogP) is 2.59. The Morgan fingerprint density at radius 3 is 3.00 bits per heavy atom. The monoisotopic (exact) mass is 328 g/mol. The number of thiazole rings is 1. The van der Waals surface area contributed by atoms with Gasteiger partial charge in [-0.25, -0.2) is 4.98 Å². The summed E-state index contributed by atoms with van der Waals surface area (Å²) in [7, 11) is 1.95. The number of nitrogens with two attached hydrogens (primary N) is 1. The Hall–Kier alpha value is -0.950. The summed E-state index contributed by atoms with van der Waals surface area (Å²) in [4.78, 5) is 19.2. The van der Waals surface area contributed by atoms with Crippen molar-refractivity contribution in [1.29, 1.82) is 0 Å². The van der Waals surface area contributed by atoms with Crippen molar-refractivity contribution in [2.45, 2.75) is 43.9 Å². The number of aromatic nitrogens is 1. The van der Waals surface area contributed by atoms with Crippen LogP contribution in [0.1, 0.15) is 42.3 Å². The van der Waals surface area contributed by atoms with E-state index in [2.05, 4.69) is 16.6 Å². The molecule has 5 nitrogen and oxygen atoms in total. The van der Waals surface area contributed by atoms with E-state index in [9.17, 15) is 4.79 Å². The summed E-state index contributed by atoms with van der Waals surface area (Å²) in [5, 5.41) is 4.58. The van der Waals surface area contributed by atoms with Gasteiger partial charge in [0.25, 0.3) is 5.91 Å². The van der Waals surface area contributed by atoms with E-state index in [1.165, 1.54) is 24.2 Å². The lowest BCUT2D eigenvalue weighted by atomic mass is 9.95. The number of hydrogen-bond donors (Lipinski definition) is 2. The van der Waals surface area contributed by atoms with E-state index in [1.807, 2.05) is 30.6 Å². The molecule has 1 saturated carbocycles. The number of hydrogen-bond acceptors (Lipinski definition) is 6. The molecule has 0 radical (unpaired) electrons. The fourth-order valence-electron chi connectivity index (χ4n) is 2.52. The minimum atomic E-state index is -0.0764. The second-order valence-electron chi connectivity index (χ2n) is 5.42. The third-order valence-electron chi connectivity index (χ3n) is 3.94. The highest BCUT2D eigenvalue weighted by atomic mass is 32.2. The number of anilines is 2. The highest BCUT2D eigenvalue weighted by Gasteiger charge is 2.25. The number of carbonyl (C=O) groups excluding carboxylic acids is 1. The van der Waals surface area contributed by atoms with Gasteiger partial charge in [-0.15, -0.1) is 0 Å². The largest absolute Gasteiger partial charge is 0.382 e. The summed E-state index contributed by atoms with van der Waals surface area (Å²) in [6.07, 6.45) is 6.68. The molecule has 2 rings (SSSR count). The number of amides is 1. The Labute approximate surface area is 134 Å². The SMILES string of the molecule is CCN(C)c1nc(N)c(C(=O)NC2CCCC(SC)C2)s1. The van der Waals surface area contributed by atoms with Gasteiger partial charge in [0, 0.05) is 24.9 Å². The van der Waals surface area contributed by atoms with E-state index >= 15 is 0 Å². The second kappa shape index (κ2) is 7.35. The zero-order valence-corrected chi connectivity index (χ0v) is 14.5. The van der Waals surface area contributed by atoms with Crippen LogP contribution >= 0.6 is 23.1 Å². The van der Waals surface area contributed by atoms with Crippen LogP contribution in [0.4, 0.5) is 10.9 Å². The Balaban J connectivity index is 2.01. The molecule has 0 aromatic carbocycles. The van der Waals surface area contributed by atoms with Gasteiger partial charge in [0.15, 0.2) is 5.13 Å². The number of carbonyl (C=O) groups is 1. The van der Waals surface area contributed by atoms with Crippen LogP contribution in [-0.4, -0.2) is 42.0 Å². The molecule has 7 heteroatoms. The summed E-state index contributed by atoms with van der Waals surface area (Å²) in [5.74, 6) is 0.262. The van der Waals surface area contributed by atoms with Crippen molar-refractivity contribution >= 4 is 40.0 Å². The number of nitrogen functional groups attached to an aromatic ring is 1. The molecule has 1 heterocycles. The summed E-state index contributed by atoms with van der Waals surface area (Å²) in [6, 6.07) is 0.262. The van der Waals surface area contributed by atoms with Crippen molar-refractivity contribution in [2.75, 3.05) is 30.5 Å². The van der Waals surface area contributed by atoms with E-state index in [-0.39, 0.29) is 11.9 Å². The first kappa shape index (κ1) is 16.4. The average Bonchev–Trinajstić information content (AvgIpc) is 2.88. The Morgan fingerprint density at radius 1 is 1.57 bits per heavy atom. The van der Waals surface area contributed by atoms with E-state index in [1.54, 1.807) is 0 Å². The lowest BCUT2D eigenvalue weighted by Gasteiger charge is -2.28. The first-order valence-corrected chi connectivity index (χ1v) is 9.46. The molecule has 2 atom stereocenters. The molecule has 21 heavy (non-hydrogen) atoms. The number of nitrogens with zero attached hydrogens (tertiary/aromatic N) is 2.